The van der Waals surface area contributed by atoms with Gasteiger partial charge in [-0.1, -0.05) is 43.3 Å². The van der Waals surface area contributed by atoms with Crippen molar-refractivity contribution < 1.29 is 22.7 Å². The summed E-state index contributed by atoms with van der Waals surface area (Å²) in [4.78, 5) is 11.6. The van der Waals surface area contributed by atoms with Gasteiger partial charge in [0.25, 0.3) is 0 Å². The largest absolute Gasteiger partial charge is 0.573 e. The van der Waals surface area contributed by atoms with E-state index < -0.39 is 12.4 Å². The summed E-state index contributed by atoms with van der Waals surface area (Å²) in [6.45, 7) is 2.35. The second-order valence-electron chi connectivity index (χ2n) is 5.82. The standard InChI is InChI=1S/C19H21F3N2O2/c1-2-17(23)18(25)24-12-11-13-3-5-14(6-4-13)15-7-9-16(10-8-15)26-19(20,21)22/h3-10,17H,2,11-12,23H2,1H3,(H,24,25)/t17-/m0/s1. The summed E-state index contributed by atoms with van der Waals surface area (Å²) in [5.74, 6) is -0.413. The molecule has 0 saturated carbocycles. The van der Waals surface area contributed by atoms with E-state index in [0.717, 1.165) is 16.7 Å². The predicted molar refractivity (Wildman–Crippen MR) is 93.5 cm³/mol. The number of hydrogen-bond acceptors (Lipinski definition) is 3. The van der Waals surface area contributed by atoms with Crippen LogP contribution in [0.3, 0.4) is 0 Å². The number of carbonyl (C=O) groups is 1. The molecule has 0 heterocycles. The molecule has 0 aliphatic carbocycles. The molecule has 26 heavy (non-hydrogen) atoms. The average Bonchev–Trinajstić information content (AvgIpc) is 2.61. The molecule has 140 valence electrons. The lowest BCUT2D eigenvalue weighted by Gasteiger charge is -2.11. The normalized spacial score (nSPS) is 12.5. The Labute approximate surface area is 150 Å². The van der Waals surface area contributed by atoms with E-state index in [1.54, 1.807) is 12.1 Å². The van der Waals surface area contributed by atoms with E-state index >= 15 is 0 Å². The zero-order chi connectivity index (χ0) is 19.2. The lowest BCUT2D eigenvalue weighted by molar-refractivity contribution is -0.274. The van der Waals surface area contributed by atoms with Gasteiger partial charge in [-0.25, -0.2) is 0 Å². The van der Waals surface area contributed by atoms with Crippen molar-refractivity contribution in [2.75, 3.05) is 6.54 Å². The Morgan fingerprint density at radius 3 is 2.12 bits per heavy atom. The molecule has 1 atom stereocenters. The van der Waals surface area contributed by atoms with Gasteiger partial charge in [0.2, 0.25) is 5.91 Å². The van der Waals surface area contributed by atoms with Crippen molar-refractivity contribution in [2.24, 2.45) is 5.73 Å². The molecule has 0 aliphatic heterocycles. The summed E-state index contributed by atoms with van der Waals surface area (Å²) in [5.41, 5.74) is 8.34. The van der Waals surface area contributed by atoms with Crippen LogP contribution in [0.1, 0.15) is 18.9 Å². The van der Waals surface area contributed by atoms with Gasteiger partial charge in [0, 0.05) is 6.54 Å². The van der Waals surface area contributed by atoms with E-state index in [-0.39, 0.29) is 11.7 Å². The highest BCUT2D eigenvalue weighted by molar-refractivity contribution is 5.81. The number of carbonyl (C=O) groups excluding carboxylic acids is 1. The first kappa shape index (κ1) is 19.8. The highest BCUT2D eigenvalue weighted by Crippen LogP contribution is 2.26. The summed E-state index contributed by atoms with van der Waals surface area (Å²) in [5, 5.41) is 2.78. The van der Waals surface area contributed by atoms with Crippen LogP contribution in [0, 0.1) is 0 Å². The maximum absolute atomic E-state index is 12.2. The molecule has 7 heteroatoms. The molecule has 0 aromatic heterocycles. The van der Waals surface area contributed by atoms with Crippen molar-refractivity contribution in [3.05, 3.63) is 54.1 Å². The summed E-state index contributed by atoms with van der Waals surface area (Å²) in [7, 11) is 0. The molecule has 1 amide bonds. The third kappa shape index (κ3) is 6.07. The molecule has 0 aliphatic rings. The Balaban J connectivity index is 1.91. The number of nitrogens with one attached hydrogen (secondary N) is 1. The monoisotopic (exact) mass is 366 g/mol. The molecule has 3 N–H and O–H groups in total. The fraction of sp³-hybridized carbons (Fsp3) is 0.316. The van der Waals surface area contributed by atoms with Crippen molar-refractivity contribution in [1.82, 2.24) is 5.32 Å². The van der Waals surface area contributed by atoms with Crippen molar-refractivity contribution >= 4 is 5.91 Å². The predicted octanol–water partition coefficient (Wildman–Crippen LogP) is 3.65. The van der Waals surface area contributed by atoms with Crippen LogP contribution in [0.4, 0.5) is 13.2 Å². The summed E-state index contributed by atoms with van der Waals surface area (Å²) in [6.07, 6.45) is -3.44. The Hall–Kier alpha value is -2.54. The molecule has 2 aromatic carbocycles. The molecule has 0 radical (unpaired) electrons. The Kier molecular flexibility index (Phi) is 6.63. The van der Waals surface area contributed by atoms with Crippen LogP contribution in [-0.2, 0) is 11.2 Å². The number of halogens is 3. The second-order valence-corrected chi connectivity index (χ2v) is 5.82. The summed E-state index contributed by atoms with van der Waals surface area (Å²) >= 11 is 0. The van der Waals surface area contributed by atoms with E-state index in [0.29, 0.717) is 19.4 Å². The maximum Gasteiger partial charge on any atom is 0.573 e. The third-order valence-corrected chi connectivity index (χ3v) is 3.86. The van der Waals surface area contributed by atoms with Crippen LogP contribution in [0.5, 0.6) is 5.75 Å². The molecular weight excluding hydrogens is 345 g/mol. The lowest BCUT2D eigenvalue weighted by atomic mass is 10.0. The van der Waals surface area contributed by atoms with Gasteiger partial charge < -0.3 is 15.8 Å². The number of rotatable bonds is 7. The SMILES string of the molecule is CC[C@H](N)C(=O)NCCc1ccc(-c2ccc(OC(F)(F)F)cc2)cc1. The smallest absolute Gasteiger partial charge is 0.406 e. The lowest BCUT2D eigenvalue weighted by Crippen LogP contribution is -2.40. The molecule has 0 saturated heterocycles. The highest BCUT2D eigenvalue weighted by atomic mass is 19.4. The summed E-state index contributed by atoms with van der Waals surface area (Å²) < 4.78 is 40.4. The number of hydrogen-bond donors (Lipinski definition) is 2. The van der Waals surface area contributed by atoms with E-state index in [4.69, 9.17) is 5.73 Å². The van der Waals surface area contributed by atoms with Crippen LogP contribution in [0.2, 0.25) is 0 Å². The van der Waals surface area contributed by atoms with Crippen LogP contribution in [0.25, 0.3) is 11.1 Å². The molecule has 0 unspecified atom stereocenters. The average molecular weight is 366 g/mol. The number of nitrogens with two attached hydrogens (primary N) is 1. The number of ether oxygens (including phenoxy) is 1. The van der Waals surface area contributed by atoms with E-state index in [1.807, 2.05) is 31.2 Å². The van der Waals surface area contributed by atoms with Crippen molar-refractivity contribution in [1.29, 1.82) is 0 Å². The first-order valence-corrected chi connectivity index (χ1v) is 8.27. The summed E-state index contributed by atoms with van der Waals surface area (Å²) in [6, 6.07) is 12.8. The molecule has 2 aromatic rings. The third-order valence-electron chi connectivity index (χ3n) is 3.86. The second kappa shape index (κ2) is 8.71. The fourth-order valence-corrected chi connectivity index (χ4v) is 2.36. The quantitative estimate of drug-likeness (QED) is 0.786. The van der Waals surface area contributed by atoms with Gasteiger partial charge in [0.1, 0.15) is 5.75 Å². The van der Waals surface area contributed by atoms with Gasteiger partial charge >= 0.3 is 6.36 Å². The minimum absolute atomic E-state index is 0.162. The number of benzene rings is 2. The van der Waals surface area contributed by atoms with Crippen molar-refractivity contribution in [2.45, 2.75) is 32.2 Å². The van der Waals surface area contributed by atoms with E-state index in [2.05, 4.69) is 10.1 Å². The minimum Gasteiger partial charge on any atom is -0.406 e. The van der Waals surface area contributed by atoms with Gasteiger partial charge in [-0.15, -0.1) is 13.2 Å². The van der Waals surface area contributed by atoms with Crippen LogP contribution in [-0.4, -0.2) is 24.9 Å². The number of alkyl halides is 3. The number of amides is 1. The molecule has 4 nitrogen and oxygen atoms in total. The Bertz CT molecular complexity index is 713. The van der Waals surface area contributed by atoms with Gasteiger partial charge in [-0.05, 0) is 41.7 Å². The van der Waals surface area contributed by atoms with Gasteiger partial charge in [0.15, 0.2) is 0 Å². The van der Waals surface area contributed by atoms with E-state index in [9.17, 15) is 18.0 Å². The highest BCUT2D eigenvalue weighted by Gasteiger charge is 2.30. The van der Waals surface area contributed by atoms with E-state index in [1.165, 1.54) is 12.1 Å². The van der Waals surface area contributed by atoms with Crippen LogP contribution < -0.4 is 15.8 Å². The first-order valence-electron chi connectivity index (χ1n) is 8.27. The topological polar surface area (TPSA) is 64.4 Å². The molecule has 0 bridgehead atoms. The molecule has 0 spiro atoms. The molecule has 0 fully saturated rings. The zero-order valence-corrected chi connectivity index (χ0v) is 14.3. The molecule has 2 rings (SSSR count). The van der Waals surface area contributed by atoms with Gasteiger partial charge in [0.05, 0.1) is 6.04 Å². The Morgan fingerprint density at radius 1 is 1.08 bits per heavy atom. The zero-order valence-electron chi connectivity index (χ0n) is 14.3. The van der Waals surface area contributed by atoms with Crippen LogP contribution >= 0.6 is 0 Å². The maximum atomic E-state index is 12.2. The van der Waals surface area contributed by atoms with Crippen molar-refractivity contribution in [3.8, 4) is 16.9 Å². The van der Waals surface area contributed by atoms with Crippen LogP contribution in [0.15, 0.2) is 48.5 Å². The van der Waals surface area contributed by atoms with Crippen molar-refractivity contribution in [3.63, 3.8) is 0 Å². The first-order chi connectivity index (χ1) is 12.3. The van der Waals surface area contributed by atoms with Gasteiger partial charge in [-0.3, -0.25) is 4.79 Å². The molecular formula is C19H21F3N2O2. The van der Waals surface area contributed by atoms with Gasteiger partial charge in [-0.2, -0.15) is 0 Å². The fourth-order valence-electron chi connectivity index (χ4n) is 2.36. The Morgan fingerprint density at radius 2 is 1.62 bits per heavy atom. The minimum atomic E-state index is -4.69.